The Morgan fingerprint density at radius 3 is 1.22 bits per heavy atom. The summed E-state index contributed by atoms with van der Waals surface area (Å²) in [6.45, 7) is 0.136. The van der Waals surface area contributed by atoms with Gasteiger partial charge in [-0.25, -0.2) is 0 Å². The molecule has 8 nitrogen and oxygen atoms in total. The summed E-state index contributed by atoms with van der Waals surface area (Å²) in [6.07, 6.45) is 0. The van der Waals surface area contributed by atoms with Crippen molar-refractivity contribution in [1.82, 2.24) is 10.6 Å². The van der Waals surface area contributed by atoms with Gasteiger partial charge in [0, 0.05) is 23.1 Å². The van der Waals surface area contributed by atoms with E-state index >= 15 is 0 Å². The maximum absolute atomic E-state index is 12.7. The van der Waals surface area contributed by atoms with Gasteiger partial charge >= 0.3 is 11.9 Å². The van der Waals surface area contributed by atoms with Crippen LogP contribution in [0.3, 0.4) is 0 Å². The van der Waals surface area contributed by atoms with Crippen LogP contribution >= 0.6 is 23.2 Å². The van der Waals surface area contributed by atoms with Crippen molar-refractivity contribution in [2.24, 2.45) is 23.7 Å². The molecule has 3 rings (SSSR count). The zero-order chi connectivity index (χ0) is 23.4. The van der Waals surface area contributed by atoms with Crippen molar-refractivity contribution in [2.45, 2.75) is 13.1 Å². The third-order valence-corrected chi connectivity index (χ3v) is 5.99. The molecule has 168 valence electrons. The monoisotopic (exact) mass is 478 g/mol. The molecule has 0 bridgehead atoms. The Morgan fingerprint density at radius 1 is 0.625 bits per heavy atom. The van der Waals surface area contributed by atoms with E-state index in [1.54, 1.807) is 48.5 Å². The van der Waals surface area contributed by atoms with Gasteiger partial charge in [-0.1, -0.05) is 47.5 Å². The fourth-order valence-electron chi connectivity index (χ4n) is 3.83. The van der Waals surface area contributed by atoms with Crippen LogP contribution in [-0.2, 0) is 32.3 Å². The van der Waals surface area contributed by atoms with Gasteiger partial charge in [-0.2, -0.15) is 0 Å². The molecule has 2 aromatic carbocycles. The summed E-state index contributed by atoms with van der Waals surface area (Å²) in [6, 6.07) is 13.3. The standard InChI is InChI=1S/C22H20Cl2N2O6/c23-13-5-1-11(2-6-13)9-25-19(27)15-17(21(29)30)16(18(15)22(31)32)20(28)26-10-12-3-7-14(24)8-4-12/h1-8,15-18H,9-10H2,(H,25,27)(H,26,28)(H,29,30)(H,31,32)/t15-,16-,17-,18-. The molecule has 2 amide bonds. The van der Waals surface area contributed by atoms with Gasteiger partial charge in [0.15, 0.2) is 0 Å². The lowest BCUT2D eigenvalue weighted by atomic mass is 9.55. The summed E-state index contributed by atoms with van der Waals surface area (Å²) in [4.78, 5) is 49.0. The molecule has 2 aromatic rings. The predicted octanol–water partition coefficient (Wildman–Crippen LogP) is 2.57. The topological polar surface area (TPSA) is 133 Å². The van der Waals surface area contributed by atoms with Crippen molar-refractivity contribution >= 4 is 47.0 Å². The molecule has 0 saturated heterocycles. The number of carboxylic acid groups (broad SMARTS) is 2. The lowest BCUT2D eigenvalue weighted by molar-refractivity contribution is -0.181. The van der Waals surface area contributed by atoms with Crippen LogP contribution in [0.1, 0.15) is 11.1 Å². The molecule has 0 aromatic heterocycles. The predicted molar refractivity (Wildman–Crippen MR) is 116 cm³/mol. The lowest BCUT2D eigenvalue weighted by Gasteiger charge is -2.45. The lowest BCUT2D eigenvalue weighted by Crippen LogP contribution is -2.63. The van der Waals surface area contributed by atoms with Gasteiger partial charge in [0.1, 0.15) is 0 Å². The molecule has 0 spiro atoms. The van der Waals surface area contributed by atoms with Gasteiger partial charge < -0.3 is 20.8 Å². The number of amides is 2. The third kappa shape index (κ3) is 5.20. The minimum atomic E-state index is -1.45. The highest BCUT2D eigenvalue weighted by molar-refractivity contribution is 6.30. The number of rotatable bonds is 8. The van der Waals surface area contributed by atoms with E-state index in [0.29, 0.717) is 21.2 Å². The Morgan fingerprint density at radius 2 is 0.938 bits per heavy atom. The van der Waals surface area contributed by atoms with E-state index in [1.165, 1.54) is 0 Å². The molecule has 1 aliphatic rings. The summed E-state index contributed by atoms with van der Waals surface area (Å²) in [7, 11) is 0. The first-order chi connectivity index (χ1) is 15.2. The fourth-order valence-corrected chi connectivity index (χ4v) is 4.09. The second-order valence-corrected chi connectivity index (χ2v) is 8.34. The van der Waals surface area contributed by atoms with Crippen molar-refractivity contribution in [1.29, 1.82) is 0 Å². The Hall–Kier alpha value is -3.10. The largest absolute Gasteiger partial charge is 0.481 e. The fraction of sp³-hybridized carbons (Fsp3) is 0.273. The molecule has 0 radical (unpaired) electrons. The Bertz CT molecular complexity index is 934. The molecule has 32 heavy (non-hydrogen) atoms. The van der Waals surface area contributed by atoms with E-state index in [2.05, 4.69) is 10.6 Å². The number of benzene rings is 2. The zero-order valence-electron chi connectivity index (χ0n) is 16.6. The molecule has 4 N–H and O–H groups in total. The second-order valence-electron chi connectivity index (χ2n) is 7.47. The van der Waals surface area contributed by atoms with Crippen LogP contribution in [0.15, 0.2) is 48.5 Å². The van der Waals surface area contributed by atoms with Crippen LogP contribution in [0.2, 0.25) is 10.0 Å². The van der Waals surface area contributed by atoms with Crippen LogP contribution in [0.25, 0.3) is 0 Å². The maximum atomic E-state index is 12.7. The highest BCUT2D eigenvalue weighted by atomic mass is 35.5. The number of nitrogens with one attached hydrogen (secondary N) is 2. The molecule has 1 fully saturated rings. The van der Waals surface area contributed by atoms with E-state index in [-0.39, 0.29) is 13.1 Å². The minimum absolute atomic E-state index is 0.0681. The third-order valence-electron chi connectivity index (χ3n) is 5.48. The number of carbonyl (C=O) groups is 4. The van der Waals surface area contributed by atoms with E-state index < -0.39 is 47.4 Å². The smallest absolute Gasteiger partial charge is 0.308 e. The van der Waals surface area contributed by atoms with Crippen molar-refractivity contribution in [2.75, 3.05) is 0 Å². The van der Waals surface area contributed by atoms with Crippen molar-refractivity contribution < 1.29 is 29.4 Å². The molecule has 0 atom stereocenters. The number of aliphatic carboxylic acids is 2. The highest BCUT2D eigenvalue weighted by Crippen LogP contribution is 2.47. The number of carbonyl (C=O) groups excluding carboxylic acids is 2. The Balaban J connectivity index is 1.69. The summed E-state index contributed by atoms with van der Waals surface area (Å²) in [5.41, 5.74) is 1.41. The Kier molecular flexibility index (Phi) is 7.37. The quantitative estimate of drug-likeness (QED) is 0.460. The van der Waals surface area contributed by atoms with Gasteiger partial charge in [0.05, 0.1) is 23.7 Å². The van der Waals surface area contributed by atoms with Gasteiger partial charge in [0.25, 0.3) is 0 Å². The molecule has 0 aliphatic heterocycles. The average molecular weight is 479 g/mol. The summed E-state index contributed by atoms with van der Waals surface area (Å²) in [5.74, 6) is -9.92. The SMILES string of the molecule is O=C(O)[C@H]1[C@H](C(=O)NCc2ccc(Cl)cc2)[C@H](C(=O)O)[C@H]1C(=O)NCc1ccc(Cl)cc1. The van der Waals surface area contributed by atoms with Gasteiger partial charge in [-0.15, -0.1) is 0 Å². The molecular formula is C22H20Cl2N2O6. The molecular weight excluding hydrogens is 459 g/mol. The minimum Gasteiger partial charge on any atom is -0.481 e. The number of halogens is 2. The molecule has 1 aliphatic carbocycles. The molecule has 10 heteroatoms. The normalized spacial score (nSPS) is 21.8. The first kappa shape index (κ1) is 23.6. The van der Waals surface area contributed by atoms with Crippen molar-refractivity contribution in [3.63, 3.8) is 0 Å². The van der Waals surface area contributed by atoms with E-state index in [1.807, 2.05) is 0 Å². The van der Waals surface area contributed by atoms with Gasteiger partial charge in [0.2, 0.25) is 11.8 Å². The Labute approximate surface area is 193 Å². The van der Waals surface area contributed by atoms with Gasteiger partial charge in [-0.05, 0) is 35.4 Å². The first-order valence-corrected chi connectivity index (χ1v) is 10.4. The second kappa shape index (κ2) is 10.0. The highest BCUT2D eigenvalue weighted by Gasteiger charge is 2.63. The van der Waals surface area contributed by atoms with E-state index in [0.717, 1.165) is 0 Å². The van der Waals surface area contributed by atoms with Crippen molar-refractivity contribution in [3.8, 4) is 0 Å². The van der Waals surface area contributed by atoms with Crippen LogP contribution in [0, 0.1) is 23.7 Å². The van der Waals surface area contributed by atoms with Crippen molar-refractivity contribution in [3.05, 3.63) is 69.7 Å². The first-order valence-electron chi connectivity index (χ1n) is 9.69. The van der Waals surface area contributed by atoms with Crippen LogP contribution in [0.4, 0.5) is 0 Å². The summed E-state index contributed by atoms with van der Waals surface area (Å²) in [5, 5.41) is 25.4. The number of hydrogen-bond donors (Lipinski definition) is 4. The molecule has 0 heterocycles. The molecule has 1 saturated carbocycles. The number of hydrogen-bond acceptors (Lipinski definition) is 4. The average Bonchev–Trinajstić information content (AvgIpc) is 2.71. The number of carboxylic acids is 2. The van der Waals surface area contributed by atoms with E-state index in [9.17, 15) is 29.4 Å². The summed E-state index contributed by atoms with van der Waals surface area (Å²) >= 11 is 11.6. The van der Waals surface area contributed by atoms with E-state index in [4.69, 9.17) is 23.2 Å². The summed E-state index contributed by atoms with van der Waals surface area (Å²) < 4.78 is 0. The van der Waals surface area contributed by atoms with Crippen LogP contribution in [0.5, 0.6) is 0 Å². The molecule has 0 unspecified atom stereocenters. The maximum Gasteiger partial charge on any atom is 0.308 e. The van der Waals surface area contributed by atoms with Crippen LogP contribution < -0.4 is 10.6 Å². The zero-order valence-corrected chi connectivity index (χ0v) is 18.1. The van der Waals surface area contributed by atoms with Gasteiger partial charge in [-0.3, -0.25) is 19.2 Å². The van der Waals surface area contributed by atoms with Crippen LogP contribution in [-0.4, -0.2) is 34.0 Å².